The number of pyridine rings is 1. The number of aromatic nitrogens is 2. The van der Waals surface area contributed by atoms with Crippen molar-refractivity contribution < 1.29 is 9.32 Å². The van der Waals surface area contributed by atoms with E-state index < -0.39 is 0 Å². The second-order valence-corrected chi connectivity index (χ2v) is 6.33. The van der Waals surface area contributed by atoms with Gasteiger partial charge in [0.2, 0.25) is 0 Å². The molecule has 1 aromatic carbocycles. The maximum absolute atomic E-state index is 13.0. The van der Waals surface area contributed by atoms with Crippen LogP contribution in [0.25, 0.3) is 11.3 Å². The van der Waals surface area contributed by atoms with Crippen molar-refractivity contribution in [1.29, 1.82) is 0 Å². The monoisotopic (exact) mass is 333 g/mol. The number of nitrogens with zero attached hydrogens (tertiary/aromatic N) is 2. The molecule has 1 atom stereocenters. The van der Waals surface area contributed by atoms with Gasteiger partial charge in [0.25, 0.3) is 5.91 Å². The van der Waals surface area contributed by atoms with Crippen LogP contribution in [-0.4, -0.2) is 16.0 Å². The number of hydrogen-bond donors (Lipinski definition) is 1. The number of carbonyl (C=O) groups excluding carboxylic acids is 1. The molecule has 0 saturated carbocycles. The summed E-state index contributed by atoms with van der Waals surface area (Å²) in [6, 6.07) is 12.0. The van der Waals surface area contributed by atoms with Crippen molar-refractivity contribution >= 4 is 5.91 Å². The third-order valence-electron chi connectivity index (χ3n) is 4.71. The number of fused-ring (bicyclic) bond motifs is 1. The molecule has 5 nitrogen and oxygen atoms in total. The molecule has 2 heterocycles. The van der Waals surface area contributed by atoms with Gasteiger partial charge in [-0.25, -0.2) is 0 Å². The van der Waals surface area contributed by atoms with Crippen LogP contribution in [0.4, 0.5) is 0 Å². The summed E-state index contributed by atoms with van der Waals surface area (Å²) in [6.07, 6.45) is 6.43. The normalized spacial score (nSPS) is 16.3. The van der Waals surface area contributed by atoms with Gasteiger partial charge in [-0.05, 0) is 49.4 Å². The van der Waals surface area contributed by atoms with Crippen molar-refractivity contribution in [2.75, 3.05) is 0 Å². The zero-order valence-corrected chi connectivity index (χ0v) is 14.0. The Morgan fingerprint density at radius 1 is 1.20 bits per heavy atom. The van der Waals surface area contributed by atoms with E-state index in [1.165, 1.54) is 11.1 Å². The quantitative estimate of drug-likeness (QED) is 0.790. The molecule has 1 N–H and O–H groups in total. The van der Waals surface area contributed by atoms with E-state index in [2.05, 4.69) is 33.7 Å². The SMILES string of the molecule is Cc1noc(-c2ccncc2)c1C(=O)N[C@@H]1CCCc2ccccc21. The average Bonchev–Trinajstić information content (AvgIpc) is 3.04. The van der Waals surface area contributed by atoms with Crippen LogP contribution in [-0.2, 0) is 6.42 Å². The highest BCUT2D eigenvalue weighted by atomic mass is 16.5. The van der Waals surface area contributed by atoms with Gasteiger partial charge in [-0.1, -0.05) is 29.4 Å². The van der Waals surface area contributed by atoms with E-state index in [4.69, 9.17) is 4.52 Å². The first-order chi connectivity index (χ1) is 12.2. The summed E-state index contributed by atoms with van der Waals surface area (Å²) in [5, 5.41) is 7.17. The molecule has 0 unspecified atom stereocenters. The lowest BCUT2D eigenvalue weighted by atomic mass is 9.87. The maximum atomic E-state index is 13.0. The summed E-state index contributed by atoms with van der Waals surface area (Å²) in [5.41, 5.74) is 4.41. The van der Waals surface area contributed by atoms with Crippen LogP contribution in [0.1, 0.15) is 46.1 Å². The summed E-state index contributed by atoms with van der Waals surface area (Å²) in [5.74, 6) is 0.341. The second kappa shape index (κ2) is 6.51. The molecule has 1 aliphatic rings. The fraction of sp³-hybridized carbons (Fsp3) is 0.250. The minimum atomic E-state index is -0.146. The first kappa shape index (κ1) is 15.6. The summed E-state index contributed by atoms with van der Waals surface area (Å²) in [7, 11) is 0. The van der Waals surface area contributed by atoms with Crippen molar-refractivity contribution in [1.82, 2.24) is 15.5 Å². The highest BCUT2D eigenvalue weighted by Crippen LogP contribution is 2.31. The standard InChI is InChI=1S/C20H19N3O2/c1-13-18(19(25-23-13)15-9-11-21-12-10-15)20(24)22-17-8-4-6-14-5-2-3-7-16(14)17/h2-3,5,7,9-12,17H,4,6,8H2,1H3,(H,22,24)/t17-/m1/s1. The Labute approximate surface area is 146 Å². The van der Waals surface area contributed by atoms with E-state index in [0.717, 1.165) is 24.8 Å². The van der Waals surface area contributed by atoms with E-state index >= 15 is 0 Å². The zero-order chi connectivity index (χ0) is 17.2. The summed E-state index contributed by atoms with van der Waals surface area (Å²) in [6.45, 7) is 1.79. The molecule has 1 amide bonds. The molecule has 2 aromatic heterocycles. The molecule has 0 aliphatic heterocycles. The van der Waals surface area contributed by atoms with Crippen molar-refractivity contribution in [3.8, 4) is 11.3 Å². The topological polar surface area (TPSA) is 68.0 Å². The van der Waals surface area contributed by atoms with Gasteiger partial charge in [-0.3, -0.25) is 9.78 Å². The van der Waals surface area contributed by atoms with Crippen LogP contribution in [0.3, 0.4) is 0 Å². The van der Waals surface area contributed by atoms with E-state index in [9.17, 15) is 4.79 Å². The fourth-order valence-electron chi connectivity index (χ4n) is 3.47. The van der Waals surface area contributed by atoms with Gasteiger partial charge in [0, 0.05) is 18.0 Å². The lowest BCUT2D eigenvalue weighted by Crippen LogP contribution is -2.31. The van der Waals surface area contributed by atoms with Crippen LogP contribution < -0.4 is 5.32 Å². The largest absolute Gasteiger partial charge is 0.355 e. The highest BCUT2D eigenvalue weighted by molar-refractivity contribution is 6.00. The average molecular weight is 333 g/mol. The Morgan fingerprint density at radius 2 is 2.00 bits per heavy atom. The molecule has 126 valence electrons. The zero-order valence-electron chi connectivity index (χ0n) is 14.0. The van der Waals surface area contributed by atoms with Crippen molar-refractivity contribution in [2.24, 2.45) is 0 Å². The second-order valence-electron chi connectivity index (χ2n) is 6.33. The third kappa shape index (κ3) is 2.93. The summed E-state index contributed by atoms with van der Waals surface area (Å²) >= 11 is 0. The molecule has 0 radical (unpaired) electrons. The van der Waals surface area contributed by atoms with E-state index in [-0.39, 0.29) is 11.9 Å². The number of carbonyl (C=O) groups is 1. The van der Waals surface area contributed by atoms with Crippen molar-refractivity contribution in [2.45, 2.75) is 32.2 Å². The third-order valence-corrected chi connectivity index (χ3v) is 4.71. The molecule has 25 heavy (non-hydrogen) atoms. The minimum Gasteiger partial charge on any atom is -0.355 e. The van der Waals surface area contributed by atoms with Gasteiger partial charge in [0.05, 0.1) is 11.7 Å². The Morgan fingerprint density at radius 3 is 2.84 bits per heavy atom. The fourth-order valence-corrected chi connectivity index (χ4v) is 3.47. The Kier molecular flexibility index (Phi) is 4.06. The minimum absolute atomic E-state index is 0.0250. The maximum Gasteiger partial charge on any atom is 0.257 e. The van der Waals surface area contributed by atoms with E-state index in [0.29, 0.717) is 17.0 Å². The van der Waals surface area contributed by atoms with Gasteiger partial charge in [-0.15, -0.1) is 0 Å². The van der Waals surface area contributed by atoms with Crippen molar-refractivity contribution in [3.05, 3.63) is 71.2 Å². The molecule has 1 aliphatic carbocycles. The molecule has 0 bridgehead atoms. The molecular formula is C20H19N3O2. The predicted molar refractivity (Wildman–Crippen MR) is 94.1 cm³/mol. The molecule has 0 saturated heterocycles. The van der Waals surface area contributed by atoms with Crippen molar-refractivity contribution in [3.63, 3.8) is 0 Å². The van der Waals surface area contributed by atoms with Gasteiger partial charge >= 0.3 is 0 Å². The first-order valence-corrected chi connectivity index (χ1v) is 8.49. The number of benzene rings is 1. The Bertz CT molecular complexity index is 902. The van der Waals surface area contributed by atoms with E-state index in [1.807, 2.05) is 18.2 Å². The summed E-state index contributed by atoms with van der Waals surface area (Å²) < 4.78 is 5.42. The lowest BCUT2D eigenvalue weighted by Gasteiger charge is -2.26. The molecular weight excluding hydrogens is 314 g/mol. The summed E-state index contributed by atoms with van der Waals surface area (Å²) in [4.78, 5) is 17.0. The highest BCUT2D eigenvalue weighted by Gasteiger charge is 2.26. The van der Waals surface area contributed by atoms with Gasteiger partial charge in [-0.2, -0.15) is 0 Å². The van der Waals surface area contributed by atoms with Gasteiger partial charge < -0.3 is 9.84 Å². The van der Waals surface area contributed by atoms with Crippen LogP contribution in [0.2, 0.25) is 0 Å². The van der Waals surface area contributed by atoms with Crippen LogP contribution in [0.5, 0.6) is 0 Å². The molecule has 5 heteroatoms. The predicted octanol–water partition coefficient (Wildman–Crippen LogP) is 3.85. The van der Waals surface area contributed by atoms with Crippen LogP contribution in [0.15, 0.2) is 53.3 Å². The number of rotatable bonds is 3. The van der Waals surface area contributed by atoms with Gasteiger partial charge in [0.1, 0.15) is 5.56 Å². The van der Waals surface area contributed by atoms with Gasteiger partial charge in [0.15, 0.2) is 5.76 Å². The Hall–Kier alpha value is -2.95. The number of amides is 1. The van der Waals surface area contributed by atoms with E-state index in [1.54, 1.807) is 19.3 Å². The molecule has 0 spiro atoms. The smallest absolute Gasteiger partial charge is 0.257 e. The number of nitrogens with one attached hydrogen (secondary N) is 1. The van der Waals surface area contributed by atoms with Crippen LogP contribution in [0, 0.1) is 6.92 Å². The number of aryl methyl sites for hydroxylation is 2. The van der Waals surface area contributed by atoms with Crippen LogP contribution >= 0.6 is 0 Å². The number of hydrogen-bond acceptors (Lipinski definition) is 4. The first-order valence-electron chi connectivity index (χ1n) is 8.49. The molecule has 0 fully saturated rings. The lowest BCUT2D eigenvalue weighted by molar-refractivity contribution is 0.0932. The Balaban J connectivity index is 1.64. The molecule has 3 aromatic rings. The molecule has 4 rings (SSSR count).